The van der Waals surface area contributed by atoms with Crippen LogP contribution in [0.2, 0.25) is 5.02 Å². The Morgan fingerprint density at radius 3 is 2.34 bits per heavy atom. The molecule has 1 amide bonds. The van der Waals surface area contributed by atoms with Crippen molar-refractivity contribution in [1.29, 1.82) is 0 Å². The summed E-state index contributed by atoms with van der Waals surface area (Å²) >= 11 is 7.49. The minimum absolute atomic E-state index is 0.0386. The van der Waals surface area contributed by atoms with Gasteiger partial charge in [0.25, 0.3) is 10.0 Å². The lowest BCUT2D eigenvalue weighted by Crippen LogP contribution is -2.51. The van der Waals surface area contributed by atoms with Crippen molar-refractivity contribution in [3.63, 3.8) is 0 Å². The first-order valence-corrected chi connectivity index (χ1v) is 16.6. The van der Waals surface area contributed by atoms with Crippen LogP contribution in [-0.4, -0.2) is 62.8 Å². The number of fused-ring (bicyclic) bond motifs is 1. The van der Waals surface area contributed by atoms with Crippen LogP contribution in [0.15, 0.2) is 70.9 Å². The Hall–Kier alpha value is -2.91. The molecule has 0 aliphatic carbocycles. The summed E-state index contributed by atoms with van der Waals surface area (Å²) in [6.45, 7) is 9.26. The smallest absolute Gasteiger partial charge is 0.252 e. The van der Waals surface area contributed by atoms with E-state index in [1.54, 1.807) is 6.07 Å². The molecule has 6 nitrogen and oxygen atoms in total. The summed E-state index contributed by atoms with van der Waals surface area (Å²) in [5.41, 5.74) is 5.40. The third-order valence-corrected chi connectivity index (χ3v) is 12.5. The highest BCUT2D eigenvalue weighted by Gasteiger charge is 2.46. The predicted molar refractivity (Wildman–Crippen MR) is 168 cm³/mol. The molecule has 1 aromatic heterocycles. The molecule has 3 heterocycles. The molecule has 0 bridgehead atoms. The summed E-state index contributed by atoms with van der Waals surface area (Å²) in [5.74, 6) is -0.611. The minimum atomic E-state index is -3.81. The minimum Gasteiger partial charge on any atom is -0.368 e. The number of rotatable bonds is 5. The van der Waals surface area contributed by atoms with E-state index < -0.39 is 15.9 Å². The monoisotopic (exact) mass is 607 g/mol. The molecule has 4 aromatic rings. The van der Waals surface area contributed by atoms with Crippen LogP contribution in [0.25, 0.3) is 10.1 Å². The summed E-state index contributed by atoms with van der Waals surface area (Å²) in [4.78, 5) is 18.3. The largest absolute Gasteiger partial charge is 0.368 e. The second-order valence-corrected chi connectivity index (χ2v) is 14.8. The normalized spacial score (nSPS) is 20.2. The van der Waals surface area contributed by atoms with Gasteiger partial charge in [0, 0.05) is 60.6 Å². The third kappa shape index (κ3) is 5.27. The van der Waals surface area contributed by atoms with E-state index >= 15 is 0 Å². The molecule has 2 fully saturated rings. The van der Waals surface area contributed by atoms with Crippen LogP contribution in [0.4, 0.5) is 5.69 Å². The SMILES string of the molecule is Cc1ccc(N2CCN(C(=O)C3CN(S(=O)(=O)c4sc5ccc(Cl)cc5c4C)CC3c3ccccc3)CC2)c(C)c1. The first kappa shape index (κ1) is 28.2. The van der Waals surface area contributed by atoms with Gasteiger partial charge >= 0.3 is 0 Å². The molecule has 0 saturated carbocycles. The second kappa shape index (κ2) is 11.1. The summed E-state index contributed by atoms with van der Waals surface area (Å²) < 4.78 is 30.9. The number of carbonyl (C=O) groups is 1. The lowest BCUT2D eigenvalue weighted by atomic mass is 9.88. The maximum absolute atomic E-state index is 14.1. The summed E-state index contributed by atoms with van der Waals surface area (Å²) in [6, 6.07) is 21.8. The van der Waals surface area contributed by atoms with Crippen LogP contribution in [-0.2, 0) is 14.8 Å². The molecule has 6 rings (SSSR count). The van der Waals surface area contributed by atoms with E-state index in [1.807, 2.05) is 54.3 Å². The van der Waals surface area contributed by atoms with Crippen LogP contribution in [0.1, 0.15) is 28.2 Å². The number of sulfonamides is 1. The molecule has 2 aliphatic rings. The van der Waals surface area contributed by atoms with Gasteiger partial charge in [-0.15, -0.1) is 11.3 Å². The van der Waals surface area contributed by atoms with Crippen LogP contribution in [0, 0.1) is 26.7 Å². The van der Waals surface area contributed by atoms with Gasteiger partial charge in [-0.3, -0.25) is 4.79 Å². The number of aryl methyl sites for hydroxylation is 3. The highest BCUT2D eigenvalue weighted by molar-refractivity contribution is 7.91. The molecular formula is C32H34ClN3O3S2. The summed E-state index contributed by atoms with van der Waals surface area (Å²) in [7, 11) is -3.81. The molecule has 0 spiro atoms. The topological polar surface area (TPSA) is 60.9 Å². The predicted octanol–water partition coefficient (Wildman–Crippen LogP) is 6.23. The van der Waals surface area contributed by atoms with Gasteiger partial charge in [-0.1, -0.05) is 59.6 Å². The first-order chi connectivity index (χ1) is 19.6. The van der Waals surface area contributed by atoms with E-state index in [4.69, 9.17) is 11.6 Å². The average Bonchev–Trinajstić information content (AvgIpc) is 3.56. The summed E-state index contributed by atoms with van der Waals surface area (Å²) in [5, 5.41) is 1.44. The Kier molecular flexibility index (Phi) is 7.61. The fraction of sp³-hybridized carbons (Fsp3) is 0.344. The average molecular weight is 608 g/mol. The van der Waals surface area contributed by atoms with Crippen LogP contribution < -0.4 is 4.90 Å². The lowest BCUT2D eigenvalue weighted by molar-refractivity contribution is -0.135. The highest BCUT2D eigenvalue weighted by Crippen LogP contribution is 2.41. The van der Waals surface area contributed by atoms with Gasteiger partial charge in [0.15, 0.2) is 0 Å². The van der Waals surface area contributed by atoms with Gasteiger partial charge < -0.3 is 9.80 Å². The van der Waals surface area contributed by atoms with E-state index in [1.165, 1.54) is 32.5 Å². The van der Waals surface area contributed by atoms with Gasteiger partial charge in [-0.2, -0.15) is 4.31 Å². The van der Waals surface area contributed by atoms with Gasteiger partial charge in [0.2, 0.25) is 5.91 Å². The van der Waals surface area contributed by atoms with Crippen LogP contribution in [0.5, 0.6) is 0 Å². The molecule has 2 aliphatic heterocycles. The second-order valence-electron chi connectivity index (χ2n) is 11.2. The Morgan fingerprint density at radius 2 is 1.63 bits per heavy atom. The molecule has 2 atom stereocenters. The van der Waals surface area contributed by atoms with E-state index in [0.29, 0.717) is 27.9 Å². The number of hydrogen-bond acceptors (Lipinski definition) is 5. The first-order valence-electron chi connectivity index (χ1n) is 14.0. The zero-order valence-electron chi connectivity index (χ0n) is 23.5. The Morgan fingerprint density at radius 1 is 0.902 bits per heavy atom. The fourth-order valence-corrected chi connectivity index (χ4v) is 9.89. The zero-order valence-corrected chi connectivity index (χ0v) is 25.9. The maximum atomic E-state index is 14.1. The van der Waals surface area contributed by atoms with E-state index in [0.717, 1.165) is 28.7 Å². The molecule has 2 saturated heterocycles. The van der Waals surface area contributed by atoms with E-state index in [2.05, 4.69) is 36.9 Å². The lowest BCUT2D eigenvalue weighted by Gasteiger charge is -2.38. The van der Waals surface area contributed by atoms with Gasteiger partial charge in [-0.05, 0) is 67.1 Å². The third-order valence-electron chi connectivity index (χ3n) is 8.54. The molecule has 0 N–H and O–H groups in total. The molecule has 9 heteroatoms. The van der Waals surface area contributed by atoms with Crippen LogP contribution >= 0.6 is 22.9 Å². The molecule has 2 unspecified atom stereocenters. The number of carbonyl (C=O) groups excluding carboxylic acids is 1. The molecular weight excluding hydrogens is 574 g/mol. The maximum Gasteiger partial charge on any atom is 0.252 e. The molecule has 0 radical (unpaired) electrons. The van der Waals surface area contributed by atoms with Crippen molar-refractivity contribution in [2.24, 2.45) is 5.92 Å². The number of piperazine rings is 1. The van der Waals surface area contributed by atoms with E-state index in [-0.39, 0.29) is 24.9 Å². The van der Waals surface area contributed by atoms with E-state index in [9.17, 15) is 13.2 Å². The fourth-order valence-electron chi connectivity index (χ4n) is 6.35. The quantitative estimate of drug-likeness (QED) is 0.270. The Bertz CT molecular complexity index is 1710. The van der Waals surface area contributed by atoms with Crippen molar-refractivity contribution in [3.05, 3.63) is 94.0 Å². The number of amides is 1. The van der Waals surface area contributed by atoms with Gasteiger partial charge in [-0.25, -0.2) is 8.42 Å². The van der Waals surface area contributed by atoms with Crippen molar-refractivity contribution in [1.82, 2.24) is 9.21 Å². The van der Waals surface area contributed by atoms with Crippen LogP contribution in [0.3, 0.4) is 0 Å². The van der Waals surface area contributed by atoms with Crippen molar-refractivity contribution < 1.29 is 13.2 Å². The number of anilines is 1. The number of benzene rings is 3. The zero-order chi connectivity index (χ0) is 28.9. The number of hydrogen-bond donors (Lipinski definition) is 0. The van der Waals surface area contributed by atoms with Gasteiger partial charge in [0.1, 0.15) is 4.21 Å². The molecule has 214 valence electrons. The standard InChI is InChI=1S/C32H34ClN3O3S2/c1-21-9-11-29(22(2)17-21)34-13-15-35(16-14-34)31(37)28-20-36(19-27(28)24-7-5-4-6-8-24)41(38,39)32-23(3)26-18-25(33)10-12-30(26)40-32/h4-12,17-18,27-28H,13-16,19-20H2,1-3H3. The highest BCUT2D eigenvalue weighted by atomic mass is 35.5. The van der Waals surface area contributed by atoms with Gasteiger partial charge in [0.05, 0.1) is 5.92 Å². The molecule has 3 aromatic carbocycles. The number of halogens is 1. The van der Waals surface area contributed by atoms with Crippen molar-refractivity contribution >= 4 is 54.6 Å². The molecule has 41 heavy (non-hydrogen) atoms. The van der Waals surface area contributed by atoms with Crippen molar-refractivity contribution in [2.75, 3.05) is 44.2 Å². The Balaban J connectivity index is 1.25. The number of nitrogens with zero attached hydrogens (tertiary/aromatic N) is 3. The number of thiophene rings is 1. The van der Waals surface area contributed by atoms with Crippen molar-refractivity contribution in [2.45, 2.75) is 30.9 Å². The van der Waals surface area contributed by atoms with Crippen molar-refractivity contribution in [3.8, 4) is 0 Å². The summed E-state index contributed by atoms with van der Waals surface area (Å²) in [6.07, 6.45) is 0. The Labute approximate surface area is 251 Å².